The summed E-state index contributed by atoms with van der Waals surface area (Å²) in [5, 5.41) is 13.1. The third-order valence-corrected chi connectivity index (χ3v) is 3.01. The van der Waals surface area contributed by atoms with Gasteiger partial charge in [0.05, 0.1) is 23.5 Å². The number of likely N-dealkylation sites (N-methyl/N-ethyl adjacent to an activating group) is 1. The molecule has 1 N–H and O–H groups in total. The Kier molecular flexibility index (Phi) is 3.46. The minimum absolute atomic E-state index is 0.342. The second-order valence-corrected chi connectivity index (χ2v) is 4.14. The largest absolute Gasteiger partial charge is 0.480 e. The average molecular weight is 262 g/mol. The molecule has 0 bridgehead atoms. The number of hydrogen-bond acceptors (Lipinski definition) is 4. The van der Waals surface area contributed by atoms with Gasteiger partial charge in [-0.3, -0.25) is 9.78 Å². The van der Waals surface area contributed by atoms with E-state index in [0.717, 1.165) is 0 Å². The van der Waals surface area contributed by atoms with Gasteiger partial charge in [0.2, 0.25) is 0 Å². The Morgan fingerprint density at radius 3 is 2.84 bits per heavy atom. The zero-order chi connectivity index (χ0) is 14.0. The number of hydrogen-bond donors (Lipinski definition) is 1. The molecule has 0 aliphatic carbocycles. The van der Waals surface area contributed by atoms with Gasteiger partial charge in [-0.15, -0.1) is 0 Å². The minimum atomic E-state index is -1.02. The Morgan fingerprint density at radius 1 is 1.47 bits per heavy atom. The van der Waals surface area contributed by atoms with E-state index in [0.29, 0.717) is 17.5 Å². The van der Waals surface area contributed by atoms with Crippen LogP contribution in [-0.2, 0) is 4.79 Å². The van der Waals surface area contributed by atoms with Gasteiger partial charge in [-0.2, -0.15) is 5.10 Å². The highest BCUT2D eigenvalue weighted by atomic mass is 16.4. The van der Waals surface area contributed by atoms with Crippen LogP contribution in [-0.4, -0.2) is 49.6 Å². The van der Waals surface area contributed by atoms with Crippen molar-refractivity contribution < 1.29 is 14.7 Å². The van der Waals surface area contributed by atoms with Gasteiger partial charge in [0.15, 0.2) is 0 Å². The predicted molar refractivity (Wildman–Crippen MR) is 66.8 cm³/mol. The number of carboxylic acid groups (broad SMARTS) is 1. The van der Waals surface area contributed by atoms with Crippen molar-refractivity contribution in [1.29, 1.82) is 0 Å². The maximum absolute atomic E-state index is 12.3. The number of rotatable bonds is 4. The van der Waals surface area contributed by atoms with Gasteiger partial charge in [-0.25, -0.2) is 9.31 Å². The SMILES string of the molecule is CCC(C(=O)O)N(C)C(=O)c1cnn2ccncc12. The van der Waals surface area contributed by atoms with E-state index >= 15 is 0 Å². The molecule has 19 heavy (non-hydrogen) atoms. The van der Waals surface area contributed by atoms with E-state index in [1.807, 2.05) is 0 Å². The van der Waals surface area contributed by atoms with Crippen molar-refractivity contribution in [3.8, 4) is 0 Å². The monoisotopic (exact) mass is 262 g/mol. The number of carbonyl (C=O) groups excluding carboxylic acids is 1. The molecule has 100 valence electrons. The summed E-state index contributed by atoms with van der Waals surface area (Å²) >= 11 is 0. The standard InChI is InChI=1S/C12H14N4O3/c1-3-9(12(18)19)15(2)11(17)8-6-14-16-5-4-13-7-10(8)16/h4-7,9H,3H2,1-2H3,(H,18,19). The lowest BCUT2D eigenvalue weighted by Crippen LogP contribution is -2.41. The molecule has 0 aromatic carbocycles. The summed E-state index contributed by atoms with van der Waals surface area (Å²) in [5.74, 6) is -1.40. The third kappa shape index (κ3) is 2.26. The fourth-order valence-electron chi connectivity index (χ4n) is 1.94. The van der Waals surface area contributed by atoms with Crippen LogP contribution < -0.4 is 0 Å². The van der Waals surface area contributed by atoms with Crippen molar-refractivity contribution in [2.75, 3.05) is 7.05 Å². The second-order valence-electron chi connectivity index (χ2n) is 4.14. The molecule has 7 heteroatoms. The first kappa shape index (κ1) is 13.0. The number of amides is 1. The highest BCUT2D eigenvalue weighted by Gasteiger charge is 2.27. The molecule has 2 heterocycles. The Bertz CT molecular complexity index is 622. The maximum atomic E-state index is 12.3. The van der Waals surface area contributed by atoms with Crippen LogP contribution in [0.2, 0.25) is 0 Å². The van der Waals surface area contributed by atoms with Crippen LogP contribution in [0.1, 0.15) is 23.7 Å². The third-order valence-electron chi connectivity index (χ3n) is 3.01. The van der Waals surface area contributed by atoms with Gasteiger partial charge in [0.25, 0.3) is 5.91 Å². The highest BCUT2D eigenvalue weighted by Crippen LogP contribution is 2.14. The van der Waals surface area contributed by atoms with Crippen LogP contribution in [0.25, 0.3) is 5.52 Å². The van der Waals surface area contributed by atoms with E-state index < -0.39 is 12.0 Å². The van der Waals surface area contributed by atoms with E-state index in [1.165, 1.54) is 28.9 Å². The average Bonchev–Trinajstić information content (AvgIpc) is 2.82. The first-order chi connectivity index (χ1) is 9.06. The van der Waals surface area contributed by atoms with Crippen LogP contribution in [0.3, 0.4) is 0 Å². The summed E-state index contributed by atoms with van der Waals surface area (Å²) in [6, 6.07) is -0.848. The Labute approximate surface area is 109 Å². The molecular formula is C12H14N4O3. The van der Waals surface area contributed by atoms with Crippen molar-refractivity contribution in [1.82, 2.24) is 19.5 Å². The zero-order valence-corrected chi connectivity index (χ0v) is 10.6. The summed E-state index contributed by atoms with van der Waals surface area (Å²) < 4.78 is 1.52. The van der Waals surface area contributed by atoms with Crippen LogP contribution in [0.5, 0.6) is 0 Å². The number of aliphatic carboxylic acids is 1. The van der Waals surface area contributed by atoms with Crippen LogP contribution in [0.4, 0.5) is 0 Å². The fourth-order valence-corrected chi connectivity index (χ4v) is 1.94. The molecule has 0 saturated heterocycles. The van der Waals surface area contributed by atoms with Crippen molar-refractivity contribution >= 4 is 17.4 Å². The lowest BCUT2D eigenvalue weighted by atomic mass is 10.1. The first-order valence-corrected chi connectivity index (χ1v) is 5.83. The van der Waals surface area contributed by atoms with E-state index in [-0.39, 0.29) is 5.91 Å². The van der Waals surface area contributed by atoms with Gasteiger partial charge in [0, 0.05) is 19.4 Å². The molecule has 0 saturated carbocycles. The van der Waals surface area contributed by atoms with Crippen molar-refractivity contribution in [3.63, 3.8) is 0 Å². The summed E-state index contributed by atoms with van der Waals surface area (Å²) in [6.07, 6.45) is 6.47. The summed E-state index contributed by atoms with van der Waals surface area (Å²) in [6.45, 7) is 1.72. The van der Waals surface area contributed by atoms with E-state index in [1.54, 1.807) is 19.3 Å². The molecule has 0 aliphatic heterocycles. The second kappa shape index (κ2) is 5.05. The number of fused-ring (bicyclic) bond motifs is 1. The zero-order valence-electron chi connectivity index (χ0n) is 10.6. The van der Waals surface area contributed by atoms with E-state index in [2.05, 4.69) is 10.1 Å². The molecule has 0 aliphatic rings. The van der Waals surface area contributed by atoms with Crippen molar-refractivity contribution in [3.05, 3.63) is 30.4 Å². The fraction of sp³-hybridized carbons (Fsp3) is 0.333. The first-order valence-electron chi connectivity index (χ1n) is 5.83. The molecular weight excluding hydrogens is 248 g/mol. The lowest BCUT2D eigenvalue weighted by molar-refractivity contribution is -0.142. The summed E-state index contributed by atoms with van der Waals surface area (Å²) in [5.41, 5.74) is 0.898. The topological polar surface area (TPSA) is 87.8 Å². The smallest absolute Gasteiger partial charge is 0.326 e. The van der Waals surface area contributed by atoms with Crippen LogP contribution >= 0.6 is 0 Å². The normalized spacial score (nSPS) is 12.3. The van der Waals surface area contributed by atoms with Crippen LogP contribution in [0.15, 0.2) is 24.8 Å². The molecule has 0 fully saturated rings. The molecule has 0 spiro atoms. The summed E-state index contributed by atoms with van der Waals surface area (Å²) in [4.78, 5) is 28.5. The predicted octanol–water partition coefficient (Wildman–Crippen LogP) is 0.664. The quantitative estimate of drug-likeness (QED) is 0.874. The number of carbonyl (C=O) groups is 2. The van der Waals surface area contributed by atoms with Gasteiger partial charge in [-0.05, 0) is 6.42 Å². The van der Waals surface area contributed by atoms with Gasteiger partial charge in [-0.1, -0.05) is 6.92 Å². The van der Waals surface area contributed by atoms with Gasteiger partial charge >= 0.3 is 5.97 Å². The van der Waals surface area contributed by atoms with Gasteiger partial charge < -0.3 is 10.0 Å². The van der Waals surface area contributed by atoms with Gasteiger partial charge in [0.1, 0.15) is 6.04 Å². The molecule has 2 aromatic rings. The molecule has 0 radical (unpaired) electrons. The molecule has 7 nitrogen and oxygen atoms in total. The highest BCUT2D eigenvalue weighted by molar-refractivity contribution is 6.01. The molecule has 2 rings (SSSR count). The van der Waals surface area contributed by atoms with Crippen molar-refractivity contribution in [2.45, 2.75) is 19.4 Å². The number of nitrogens with zero attached hydrogens (tertiary/aromatic N) is 4. The number of carboxylic acids is 1. The maximum Gasteiger partial charge on any atom is 0.326 e. The molecule has 1 atom stereocenters. The molecule has 1 amide bonds. The van der Waals surface area contributed by atoms with E-state index in [9.17, 15) is 9.59 Å². The lowest BCUT2D eigenvalue weighted by Gasteiger charge is -2.23. The van der Waals surface area contributed by atoms with Crippen LogP contribution in [0, 0.1) is 0 Å². The number of aromatic nitrogens is 3. The molecule has 1 unspecified atom stereocenters. The Morgan fingerprint density at radius 2 is 2.21 bits per heavy atom. The summed E-state index contributed by atoms with van der Waals surface area (Å²) in [7, 11) is 1.48. The van der Waals surface area contributed by atoms with E-state index in [4.69, 9.17) is 5.11 Å². The molecule has 2 aromatic heterocycles. The van der Waals surface area contributed by atoms with Crippen molar-refractivity contribution in [2.24, 2.45) is 0 Å². The minimum Gasteiger partial charge on any atom is -0.480 e. The Hall–Kier alpha value is -2.44. The Balaban J connectivity index is 2.36.